The summed E-state index contributed by atoms with van der Waals surface area (Å²) in [6, 6.07) is 14.2. The lowest BCUT2D eigenvalue weighted by molar-refractivity contribution is 0.478. The molecule has 0 spiro atoms. The fraction of sp³-hybridized carbons (Fsp3) is 0.200. The fourth-order valence-electron chi connectivity index (χ4n) is 1.61. The Morgan fingerprint density at radius 2 is 1.71 bits per heavy atom. The lowest BCUT2D eigenvalue weighted by Gasteiger charge is -2.10. The Bertz CT molecular complexity index is 503. The third kappa shape index (κ3) is 2.89. The van der Waals surface area contributed by atoms with E-state index in [9.17, 15) is 0 Å². The number of rotatable bonds is 3. The zero-order valence-electron chi connectivity index (χ0n) is 10.0. The van der Waals surface area contributed by atoms with Crippen molar-refractivity contribution in [2.75, 3.05) is 0 Å². The highest BCUT2D eigenvalue weighted by molar-refractivity contribution is 9.08. The maximum atomic E-state index is 5.87. The van der Waals surface area contributed by atoms with E-state index in [2.05, 4.69) is 48.0 Å². The molecule has 0 amide bonds. The van der Waals surface area contributed by atoms with E-state index in [1.54, 1.807) is 0 Å². The molecule has 0 heterocycles. The van der Waals surface area contributed by atoms with E-state index in [0.717, 1.165) is 16.8 Å². The average molecular weight is 291 g/mol. The van der Waals surface area contributed by atoms with Gasteiger partial charge >= 0.3 is 0 Å². The third-order valence-corrected chi connectivity index (χ3v) is 3.51. The van der Waals surface area contributed by atoms with Crippen molar-refractivity contribution in [3.8, 4) is 11.5 Å². The van der Waals surface area contributed by atoms with Crippen LogP contribution < -0.4 is 4.74 Å². The molecule has 0 aliphatic heterocycles. The summed E-state index contributed by atoms with van der Waals surface area (Å²) in [6.07, 6.45) is 0. The normalized spacial score (nSPS) is 10.3. The van der Waals surface area contributed by atoms with Crippen LogP contribution in [0, 0.1) is 13.8 Å². The van der Waals surface area contributed by atoms with Crippen molar-refractivity contribution in [1.29, 1.82) is 0 Å². The van der Waals surface area contributed by atoms with Gasteiger partial charge in [-0.25, -0.2) is 0 Å². The summed E-state index contributed by atoms with van der Waals surface area (Å²) in [6.45, 7) is 4.17. The molecule has 0 radical (unpaired) electrons. The topological polar surface area (TPSA) is 9.23 Å². The summed E-state index contributed by atoms with van der Waals surface area (Å²) in [5.41, 5.74) is 3.69. The van der Waals surface area contributed by atoms with Crippen LogP contribution in [0.5, 0.6) is 11.5 Å². The first-order valence-corrected chi connectivity index (χ1v) is 6.72. The van der Waals surface area contributed by atoms with E-state index < -0.39 is 0 Å². The minimum atomic E-state index is 0.872. The van der Waals surface area contributed by atoms with Crippen molar-refractivity contribution in [2.24, 2.45) is 0 Å². The molecule has 0 saturated carbocycles. The van der Waals surface area contributed by atoms with Crippen LogP contribution in [0.2, 0.25) is 0 Å². The summed E-state index contributed by atoms with van der Waals surface area (Å²) in [5.74, 6) is 1.81. The Morgan fingerprint density at radius 3 is 2.35 bits per heavy atom. The van der Waals surface area contributed by atoms with Crippen LogP contribution in [0.3, 0.4) is 0 Å². The summed E-state index contributed by atoms with van der Waals surface area (Å²) in [7, 11) is 0. The maximum absolute atomic E-state index is 5.87. The molecule has 0 N–H and O–H groups in total. The molecule has 0 aliphatic carbocycles. The van der Waals surface area contributed by atoms with Gasteiger partial charge in [0.15, 0.2) is 0 Å². The predicted octanol–water partition coefficient (Wildman–Crippen LogP) is 4.99. The van der Waals surface area contributed by atoms with Gasteiger partial charge in [0.25, 0.3) is 0 Å². The zero-order valence-corrected chi connectivity index (χ0v) is 11.6. The summed E-state index contributed by atoms with van der Waals surface area (Å²) >= 11 is 3.43. The van der Waals surface area contributed by atoms with Gasteiger partial charge in [0.05, 0.1) is 0 Å². The quantitative estimate of drug-likeness (QED) is 0.724. The van der Waals surface area contributed by atoms with E-state index in [4.69, 9.17) is 4.74 Å². The Labute approximate surface area is 111 Å². The highest BCUT2D eigenvalue weighted by Crippen LogP contribution is 2.27. The number of ether oxygens (including phenoxy) is 1. The molecule has 88 valence electrons. The van der Waals surface area contributed by atoms with Crippen LogP contribution in [0.4, 0.5) is 0 Å². The molecule has 2 heteroatoms. The zero-order chi connectivity index (χ0) is 12.3. The van der Waals surface area contributed by atoms with E-state index in [-0.39, 0.29) is 0 Å². The maximum Gasteiger partial charge on any atom is 0.130 e. The van der Waals surface area contributed by atoms with Gasteiger partial charge in [-0.3, -0.25) is 0 Å². The molecule has 0 aliphatic rings. The van der Waals surface area contributed by atoms with Crippen molar-refractivity contribution in [3.05, 3.63) is 59.2 Å². The Morgan fingerprint density at radius 1 is 1.00 bits per heavy atom. The standard InChI is InChI=1S/C15H15BrO/c1-11-4-3-5-15(12(11)2)17-14-8-6-13(10-16)7-9-14/h3-9H,10H2,1-2H3. The highest BCUT2D eigenvalue weighted by atomic mass is 79.9. The minimum absolute atomic E-state index is 0.872. The number of halogens is 1. The molecule has 2 rings (SSSR count). The summed E-state index contributed by atoms with van der Waals surface area (Å²) in [4.78, 5) is 0. The van der Waals surface area contributed by atoms with E-state index in [1.165, 1.54) is 16.7 Å². The lowest BCUT2D eigenvalue weighted by atomic mass is 10.1. The predicted molar refractivity (Wildman–Crippen MR) is 75.1 cm³/mol. The van der Waals surface area contributed by atoms with Crippen molar-refractivity contribution in [1.82, 2.24) is 0 Å². The first kappa shape index (κ1) is 12.2. The Balaban J connectivity index is 2.22. The molecule has 2 aromatic carbocycles. The van der Waals surface area contributed by atoms with Crippen LogP contribution in [-0.2, 0) is 5.33 Å². The molecule has 0 atom stereocenters. The van der Waals surface area contributed by atoms with E-state index in [1.807, 2.05) is 24.3 Å². The largest absolute Gasteiger partial charge is 0.457 e. The van der Waals surface area contributed by atoms with Crippen LogP contribution >= 0.6 is 15.9 Å². The molecule has 0 unspecified atom stereocenters. The van der Waals surface area contributed by atoms with Crippen LogP contribution in [-0.4, -0.2) is 0 Å². The second-order valence-corrected chi connectivity index (χ2v) is 4.64. The number of hydrogen-bond donors (Lipinski definition) is 0. The van der Waals surface area contributed by atoms with Gasteiger partial charge in [-0.2, -0.15) is 0 Å². The molecule has 2 aromatic rings. The number of benzene rings is 2. The molecule has 0 saturated heterocycles. The number of hydrogen-bond acceptors (Lipinski definition) is 1. The molecule has 0 fully saturated rings. The molecule has 0 aromatic heterocycles. The monoisotopic (exact) mass is 290 g/mol. The molecular formula is C15H15BrO. The van der Waals surface area contributed by atoms with Gasteiger partial charge in [-0.1, -0.05) is 40.2 Å². The first-order valence-electron chi connectivity index (χ1n) is 5.59. The number of aryl methyl sites for hydroxylation is 1. The molecule has 17 heavy (non-hydrogen) atoms. The Hall–Kier alpha value is -1.28. The second kappa shape index (κ2) is 5.37. The Kier molecular flexibility index (Phi) is 3.85. The van der Waals surface area contributed by atoms with Gasteiger partial charge in [0.1, 0.15) is 11.5 Å². The smallest absolute Gasteiger partial charge is 0.130 e. The van der Waals surface area contributed by atoms with Crippen LogP contribution in [0.15, 0.2) is 42.5 Å². The third-order valence-electron chi connectivity index (χ3n) is 2.86. The molecular weight excluding hydrogens is 276 g/mol. The van der Waals surface area contributed by atoms with Gasteiger partial charge in [-0.15, -0.1) is 0 Å². The van der Waals surface area contributed by atoms with E-state index >= 15 is 0 Å². The summed E-state index contributed by atoms with van der Waals surface area (Å²) < 4.78 is 5.87. The number of alkyl halides is 1. The minimum Gasteiger partial charge on any atom is -0.457 e. The average Bonchev–Trinajstić information content (AvgIpc) is 2.36. The van der Waals surface area contributed by atoms with Gasteiger partial charge in [0, 0.05) is 5.33 Å². The van der Waals surface area contributed by atoms with Crippen molar-refractivity contribution < 1.29 is 4.74 Å². The first-order chi connectivity index (χ1) is 8.20. The van der Waals surface area contributed by atoms with E-state index in [0.29, 0.717) is 0 Å². The summed E-state index contributed by atoms with van der Waals surface area (Å²) in [5, 5.41) is 0.872. The lowest BCUT2D eigenvalue weighted by Crippen LogP contribution is -1.90. The van der Waals surface area contributed by atoms with Gasteiger partial charge in [0.2, 0.25) is 0 Å². The van der Waals surface area contributed by atoms with Crippen LogP contribution in [0.25, 0.3) is 0 Å². The van der Waals surface area contributed by atoms with Gasteiger partial charge in [-0.05, 0) is 48.7 Å². The van der Waals surface area contributed by atoms with Crippen molar-refractivity contribution in [3.63, 3.8) is 0 Å². The molecule has 1 nitrogen and oxygen atoms in total. The van der Waals surface area contributed by atoms with Crippen LogP contribution in [0.1, 0.15) is 16.7 Å². The highest BCUT2D eigenvalue weighted by Gasteiger charge is 2.03. The van der Waals surface area contributed by atoms with Gasteiger partial charge < -0.3 is 4.74 Å². The van der Waals surface area contributed by atoms with Crippen molar-refractivity contribution in [2.45, 2.75) is 19.2 Å². The second-order valence-electron chi connectivity index (χ2n) is 4.08. The fourth-order valence-corrected chi connectivity index (χ4v) is 1.98. The molecule has 0 bridgehead atoms. The van der Waals surface area contributed by atoms with Crippen molar-refractivity contribution >= 4 is 15.9 Å². The SMILES string of the molecule is Cc1cccc(Oc2ccc(CBr)cc2)c1C.